The molecule has 0 aromatic carbocycles. The van der Waals surface area contributed by atoms with Crippen molar-refractivity contribution in [3.63, 3.8) is 0 Å². The zero-order valence-electron chi connectivity index (χ0n) is 7.41. The zero-order chi connectivity index (χ0) is 9.14. The van der Waals surface area contributed by atoms with Crippen molar-refractivity contribution in [2.24, 2.45) is 0 Å². The first-order chi connectivity index (χ1) is 5.63. The number of nitrogens with one attached hydrogen (secondary N) is 1. The van der Waals surface area contributed by atoms with Gasteiger partial charge in [-0.2, -0.15) is 0 Å². The molecule has 0 saturated carbocycles. The lowest BCUT2D eigenvalue weighted by Gasteiger charge is -2.16. The SMILES string of the molecule is B[C@H]1C[C@@H](N[PH](=O)S)[C@@H](CC)O1. The highest BCUT2D eigenvalue weighted by Crippen LogP contribution is 2.28. The second kappa shape index (κ2) is 4.70. The maximum Gasteiger partial charge on any atom is 0.186 e. The minimum Gasteiger partial charge on any atom is -0.382 e. The number of hydrogen-bond donors (Lipinski definition) is 2. The standard InChI is InChI=1S/C6H15BNO2PS/c1-2-5-4(8-11(9)12)3-6(7)10-5/h4-6,11H,2-3,7H2,1H3,(H2,8,9,12)/t4-,5-,6-/m1/s1. The van der Waals surface area contributed by atoms with Gasteiger partial charge in [-0.1, -0.05) is 6.92 Å². The summed E-state index contributed by atoms with van der Waals surface area (Å²) >= 11 is 3.86. The third-order valence-electron chi connectivity index (χ3n) is 2.15. The molecule has 0 aromatic heterocycles. The fourth-order valence-corrected chi connectivity index (χ4v) is 2.77. The molecule has 0 aliphatic carbocycles. The van der Waals surface area contributed by atoms with Gasteiger partial charge in [0.15, 0.2) is 7.15 Å². The average molecular weight is 207 g/mol. The van der Waals surface area contributed by atoms with E-state index in [1.54, 1.807) is 0 Å². The summed E-state index contributed by atoms with van der Waals surface area (Å²) in [4.78, 5) is 0. The minimum absolute atomic E-state index is 0.209. The molecular formula is C6H15BNO2PS. The molecule has 1 aliphatic heterocycles. The fraction of sp³-hybridized carbons (Fsp3) is 1.00. The van der Waals surface area contributed by atoms with Crippen LogP contribution in [0.2, 0.25) is 0 Å². The van der Waals surface area contributed by atoms with Crippen LogP contribution in [0.25, 0.3) is 0 Å². The average Bonchev–Trinajstić information content (AvgIpc) is 2.29. The Morgan fingerprint density at radius 3 is 3.00 bits per heavy atom. The van der Waals surface area contributed by atoms with Gasteiger partial charge in [0, 0.05) is 12.0 Å². The highest BCUT2D eigenvalue weighted by molar-refractivity contribution is 8.40. The van der Waals surface area contributed by atoms with Crippen molar-refractivity contribution in [3.8, 4) is 0 Å². The van der Waals surface area contributed by atoms with Crippen LogP contribution in [-0.4, -0.2) is 26.0 Å². The predicted octanol–water partition coefficient (Wildman–Crippen LogP) is 0.422. The van der Waals surface area contributed by atoms with E-state index in [2.05, 4.69) is 24.3 Å². The van der Waals surface area contributed by atoms with E-state index in [9.17, 15) is 4.57 Å². The van der Waals surface area contributed by atoms with Crippen LogP contribution in [0.1, 0.15) is 19.8 Å². The van der Waals surface area contributed by atoms with E-state index in [0.717, 1.165) is 12.8 Å². The molecule has 0 amide bonds. The number of hydrogen-bond acceptors (Lipinski definition) is 2. The minimum atomic E-state index is -1.87. The highest BCUT2D eigenvalue weighted by atomic mass is 32.7. The maximum atomic E-state index is 10.9. The van der Waals surface area contributed by atoms with Crippen LogP contribution in [0, 0.1) is 0 Å². The lowest BCUT2D eigenvalue weighted by Crippen LogP contribution is -2.30. The second-order valence-electron chi connectivity index (χ2n) is 3.19. The summed E-state index contributed by atoms with van der Waals surface area (Å²) in [6.07, 6.45) is 2.11. The number of thiol groups is 1. The third-order valence-corrected chi connectivity index (χ3v) is 3.16. The molecule has 4 atom stereocenters. The van der Waals surface area contributed by atoms with Crippen molar-refractivity contribution in [1.82, 2.24) is 5.09 Å². The zero-order valence-corrected chi connectivity index (χ0v) is 9.30. The summed E-state index contributed by atoms with van der Waals surface area (Å²) in [7, 11) is 0.173. The Labute approximate surface area is 80.0 Å². The van der Waals surface area contributed by atoms with Crippen molar-refractivity contribution in [2.45, 2.75) is 37.9 Å². The lowest BCUT2D eigenvalue weighted by atomic mass is 9.95. The molecule has 12 heavy (non-hydrogen) atoms. The summed E-state index contributed by atoms with van der Waals surface area (Å²) in [6.45, 7) is 2.08. The predicted molar refractivity (Wildman–Crippen MR) is 57.0 cm³/mol. The maximum absolute atomic E-state index is 10.9. The quantitative estimate of drug-likeness (QED) is 0.400. The first-order valence-corrected chi connectivity index (χ1v) is 6.98. The Morgan fingerprint density at radius 2 is 2.50 bits per heavy atom. The first kappa shape index (κ1) is 10.6. The Balaban J connectivity index is 2.46. The number of rotatable bonds is 3. The Bertz CT molecular complexity index is 183. The van der Waals surface area contributed by atoms with Gasteiger partial charge in [-0.05, 0) is 12.8 Å². The second-order valence-corrected chi connectivity index (χ2v) is 5.30. The van der Waals surface area contributed by atoms with Gasteiger partial charge >= 0.3 is 0 Å². The van der Waals surface area contributed by atoms with Crippen molar-refractivity contribution in [2.75, 3.05) is 0 Å². The van der Waals surface area contributed by atoms with Gasteiger partial charge in [-0.15, -0.1) is 12.2 Å². The molecule has 1 fully saturated rings. The smallest absolute Gasteiger partial charge is 0.186 e. The summed E-state index contributed by atoms with van der Waals surface area (Å²) < 4.78 is 16.5. The lowest BCUT2D eigenvalue weighted by molar-refractivity contribution is 0.0785. The Hall–Kier alpha value is 0.565. The summed E-state index contributed by atoms with van der Waals surface area (Å²) in [5.41, 5.74) is 0. The molecule has 0 aromatic rings. The highest BCUT2D eigenvalue weighted by Gasteiger charge is 2.31. The molecule has 70 valence electrons. The van der Waals surface area contributed by atoms with Gasteiger partial charge in [0.2, 0.25) is 0 Å². The molecule has 3 nitrogen and oxygen atoms in total. The summed E-state index contributed by atoms with van der Waals surface area (Å²) in [6, 6.07) is 0.510. The summed E-state index contributed by atoms with van der Waals surface area (Å²) in [5.74, 6) is 0. The van der Waals surface area contributed by atoms with E-state index in [4.69, 9.17) is 4.74 Å². The molecular weight excluding hydrogens is 192 g/mol. The van der Waals surface area contributed by atoms with Gasteiger partial charge in [0.05, 0.1) is 6.10 Å². The molecule has 0 spiro atoms. The molecule has 1 heterocycles. The summed E-state index contributed by atoms with van der Waals surface area (Å²) in [5, 5.41) is 2.96. The van der Waals surface area contributed by atoms with E-state index in [-0.39, 0.29) is 18.1 Å². The van der Waals surface area contributed by atoms with Crippen LogP contribution in [0.3, 0.4) is 0 Å². The third kappa shape index (κ3) is 2.80. The monoisotopic (exact) mass is 207 g/mol. The molecule has 0 bridgehead atoms. The van der Waals surface area contributed by atoms with E-state index in [1.165, 1.54) is 0 Å². The van der Waals surface area contributed by atoms with Gasteiger partial charge in [-0.3, -0.25) is 9.65 Å². The Kier molecular flexibility index (Phi) is 4.17. The van der Waals surface area contributed by atoms with Gasteiger partial charge < -0.3 is 4.74 Å². The number of ether oxygens (including phenoxy) is 1. The van der Waals surface area contributed by atoms with Crippen molar-refractivity contribution in [1.29, 1.82) is 0 Å². The van der Waals surface area contributed by atoms with Gasteiger partial charge in [0.1, 0.15) is 7.85 Å². The molecule has 1 rings (SSSR count). The van der Waals surface area contributed by atoms with Gasteiger partial charge in [0.25, 0.3) is 0 Å². The van der Waals surface area contributed by atoms with Gasteiger partial charge in [-0.25, -0.2) is 0 Å². The topological polar surface area (TPSA) is 38.3 Å². The molecule has 6 heteroatoms. The first-order valence-electron chi connectivity index (χ1n) is 4.28. The fourth-order valence-electron chi connectivity index (χ4n) is 1.65. The van der Waals surface area contributed by atoms with Crippen LogP contribution in [0.5, 0.6) is 0 Å². The van der Waals surface area contributed by atoms with E-state index < -0.39 is 7.15 Å². The molecule has 1 aliphatic rings. The molecule has 1 saturated heterocycles. The van der Waals surface area contributed by atoms with E-state index in [0.29, 0.717) is 0 Å². The molecule has 0 radical (unpaired) electrons. The van der Waals surface area contributed by atoms with Crippen LogP contribution in [0.4, 0.5) is 0 Å². The van der Waals surface area contributed by atoms with E-state index >= 15 is 0 Å². The van der Waals surface area contributed by atoms with Crippen LogP contribution in [0.15, 0.2) is 0 Å². The van der Waals surface area contributed by atoms with Crippen LogP contribution in [-0.2, 0) is 9.30 Å². The Morgan fingerprint density at radius 1 is 1.83 bits per heavy atom. The van der Waals surface area contributed by atoms with Crippen molar-refractivity contribution in [3.05, 3.63) is 0 Å². The van der Waals surface area contributed by atoms with Crippen LogP contribution < -0.4 is 5.09 Å². The largest absolute Gasteiger partial charge is 0.382 e. The normalized spacial score (nSPS) is 38.3. The van der Waals surface area contributed by atoms with E-state index in [1.807, 2.05) is 7.85 Å². The van der Waals surface area contributed by atoms with Crippen molar-refractivity contribution < 1.29 is 9.30 Å². The molecule has 1 unspecified atom stereocenters. The molecule has 1 N–H and O–H groups in total. The van der Waals surface area contributed by atoms with Crippen LogP contribution >= 0.6 is 19.4 Å². The van der Waals surface area contributed by atoms with Crippen molar-refractivity contribution >= 4 is 27.2 Å².